The third-order valence-electron chi connectivity index (χ3n) is 5.23. The van der Waals surface area contributed by atoms with Gasteiger partial charge in [0.05, 0.1) is 0 Å². The first-order valence-corrected chi connectivity index (χ1v) is 11.9. The van der Waals surface area contributed by atoms with Crippen LogP contribution < -0.4 is 14.9 Å². The average Bonchev–Trinajstić information content (AvgIpc) is 3.39. The highest BCUT2D eigenvalue weighted by Gasteiger charge is 2.19. The Morgan fingerprint density at radius 3 is 2.32 bits per heavy atom. The van der Waals surface area contributed by atoms with Gasteiger partial charge in [0.25, 0.3) is 10.0 Å². The number of anilines is 4. The molecule has 0 amide bonds. The minimum Gasteiger partial charge on any atom is -0.356 e. The molecule has 1 aliphatic heterocycles. The minimum absolute atomic E-state index is 0.0138. The smallest absolute Gasteiger partial charge is 0.280 e. The van der Waals surface area contributed by atoms with Crippen molar-refractivity contribution >= 4 is 33.0 Å². The van der Waals surface area contributed by atoms with Crippen LogP contribution in [0.1, 0.15) is 31.4 Å². The van der Waals surface area contributed by atoms with Crippen molar-refractivity contribution in [1.29, 1.82) is 0 Å². The van der Waals surface area contributed by atoms with Gasteiger partial charge in [0.2, 0.25) is 0 Å². The maximum atomic E-state index is 12.6. The van der Waals surface area contributed by atoms with Gasteiger partial charge in [-0.15, -0.1) is 0 Å². The zero-order valence-electron chi connectivity index (χ0n) is 18.0. The first-order valence-electron chi connectivity index (χ1n) is 10.4. The third kappa shape index (κ3) is 4.79. The number of hydrogen-bond donors (Lipinski definition) is 2. The fraction of sp³-hybridized carbons (Fsp3) is 0.381. The van der Waals surface area contributed by atoms with Crippen LogP contribution in [0.4, 0.5) is 23.0 Å². The van der Waals surface area contributed by atoms with E-state index in [9.17, 15) is 8.42 Å². The van der Waals surface area contributed by atoms with Gasteiger partial charge in [-0.25, -0.2) is 15.0 Å². The topological polar surface area (TPSA) is 105 Å². The van der Waals surface area contributed by atoms with E-state index in [0.29, 0.717) is 29.7 Å². The van der Waals surface area contributed by atoms with Crippen LogP contribution in [-0.2, 0) is 16.6 Å². The van der Waals surface area contributed by atoms with E-state index in [4.69, 9.17) is 0 Å². The van der Waals surface area contributed by atoms with Gasteiger partial charge in [-0.1, -0.05) is 0 Å². The predicted octanol–water partition coefficient (Wildman–Crippen LogP) is 3.45. The molecule has 31 heavy (non-hydrogen) atoms. The molecule has 0 unspecified atom stereocenters. The first-order chi connectivity index (χ1) is 14.8. The molecule has 0 saturated carbocycles. The molecule has 1 aliphatic rings. The van der Waals surface area contributed by atoms with Crippen LogP contribution in [0.2, 0.25) is 0 Å². The van der Waals surface area contributed by atoms with Crippen molar-refractivity contribution in [2.75, 3.05) is 28.0 Å². The van der Waals surface area contributed by atoms with Crippen LogP contribution in [0.15, 0.2) is 41.6 Å². The van der Waals surface area contributed by atoms with E-state index in [0.717, 1.165) is 24.6 Å². The number of sulfonamides is 1. The van der Waals surface area contributed by atoms with Gasteiger partial charge in [-0.2, -0.15) is 8.42 Å². The van der Waals surface area contributed by atoms with Crippen molar-refractivity contribution in [1.82, 2.24) is 19.5 Å². The summed E-state index contributed by atoms with van der Waals surface area (Å²) in [4.78, 5) is 15.4. The highest BCUT2D eigenvalue weighted by atomic mass is 32.2. The van der Waals surface area contributed by atoms with Crippen LogP contribution >= 0.6 is 0 Å². The van der Waals surface area contributed by atoms with E-state index in [2.05, 4.69) is 29.9 Å². The summed E-state index contributed by atoms with van der Waals surface area (Å²) in [6.45, 7) is 8.30. The van der Waals surface area contributed by atoms with Crippen molar-refractivity contribution in [2.45, 2.75) is 45.2 Å². The molecule has 10 heteroatoms. The van der Waals surface area contributed by atoms with E-state index in [1.165, 1.54) is 12.8 Å². The number of imidazole rings is 1. The van der Waals surface area contributed by atoms with Crippen LogP contribution in [0.3, 0.4) is 0 Å². The molecule has 2 aromatic heterocycles. The Bertz CT molecular complexity index is 1170. The van der Waals surface area contributed by atoms with Crippen LogP contribution in [-0.4, -0.2) is 41.0 Å². The Labute approximate surface area is 182 Å². The number of rotatable bonds is 7. The molecule has 1 aromatic carbocycles. The SMILES string of the molecule is CCn1cc(S(=O)(=O)Nc2ccc(Nc3cc(N4CCCC4)nc(C)n3)cc2)nc1C. The van der Waals surface area contributed by atoms with Gasteiger partial charge < -0.3 is 14.8 Å². The molecule has 0 aliphatic carbocycles. The second-order valence-corrected chi connectivity index (χ2v) is 9.20. The summed E-state index contributed by atoms with van der Waals surface area (Å²) in [5.74, 6) is 3.01. The fourth-order valence-corrected chi connectivity index (χ4v) is 4.70. The molecule has 4 rings (SSSR count). The van der Waals surface area contributed by atoms with Crippen LogP contribution in [0.25, 0.3) is 0 Å². The van der Waals surface area contributed by atoms with Crippen molar-refractivity contribution in [2.24, 2.45) is 0 Å². The average molecular weight is 442 g/mol. The largest absolute Gasteiger partial charge is 0.356 e. The van der Waals surface area contributed by atoms with Crippen molar-refractivity contribution in [3.05, 3.63) is 48.2 Å². The molecule has 2 N–H and O–H groups in total. The molecular formula is C21H27N7O2S. The van der Waals surface area contributed by atoms with Crippen LogP contribution in [0, 0.1) is 13.8 Å². The highest BCUT2D eigenvalue weighted by molar-refractivity contribution is 7.92. The molecule has 0 atom stereocenters. The Morgan fingerprint density at radius 2 is 1.68 bits per heavy atom. The summed E-state index contributed by atoms with van der Waals surface area (Å²) in [5, 5.41) is 3.29. The molecular weight excluding hydrogens is 414 g/mol. The minimum atomic E-state index is -3.75. The van der Waals surface area contributed by atoms with Gasteiger partial charge in [-0.05, 0) is 57.9 Å². The lowest BCUT2D eigenvalue weighted by Crippen LogP contribution is -2.19. The Morgan fingerprint density at radius 1 is 1.00 bits per heavy atom. The first kappa shape index (κ1) is 21.1. The highest BCUT2D eigenvalue weighted by Crippen LogP contribution is 2.24. The molecule has 9 nitrogen and oxygen atoms in total. The van der Waals surface area contributed by atoms with Crippen molar-refractivity contribution in [3.8, 4) is 0 Å². The Hall–Kier alpha value is -3.14. The Kier molecular flexibility index (Phi) is 5.81. The van der Waals surface area contributed by atoms with E-state index in [1.807, 2.05) is 19.9 Å². The zero-order valence-corrected chi connectivity index (χ0v) is 18.8. The maximum absolute atomic E-state index is 12.6. The number of benzene rings is 1. The van der Waals surface area contributed by atoms with Gasteiger partial charge in [0, 0.05) is 43.3 Å². The van der Waals surface area contributed by atoms with E-state index in [1.54, 1.807) is 42.0 Å². The molecule has 1 saturated heterocycles. The molecule has 0 radical (unpaired) electrons. The number of hydrogen-bond acceptors (Lipinski definition) is 7. The summed E-state index contributed by atoms with van der Waals surface area (Å²) in [6, 6.07) is 8.97. The predicted molar refractivity (Wildman–Crippen MR) is 121 cm³/mol. The second-order valence-electron chi connectivity index (χ2n) is 7.57. The molecule has 164 valence electrons. The lowest BCUT2D eigenvalue weighted by molar-refractivity contribution is 0.598. The van der Waals surface area contributed by atoms with E-state index < -0.39 is 10.0 Å². The summed E-state index contributed by atoms with van der Waals surface area (Å²) in [5.41, 5.74) is 1.27. The monoisotopic (exact) mass is 441 g/mol. The fourth-order valence-electron chi connectivity index (χ4n) is 3.63. The summed E-state index contributed by atoms with van der Waals surface area (Å²) in [6.07, 6.45) is 3.91. The normalized spacial score (nSPS) is 14.1. The molecule has 0 spiro atoms. The van der Waals surface area contributed by atoms with E-state index in [-0.39, 0.29) is 5.03 Å². The van der Waals surface area contributed by atoms with Crippen molar-refractivity contribution in [3.63, 3.8) is 0 Å². The lowest BCUT2D eigenvalue weighted by Gasteiger charge is -2.18. The standard InChI is InChI=1S/C21H27N7O2S/c1-4-27-14-21(24-16(27)3)31(29,30)26-18-9-7-17(8-10-18)25-19-13-20(23-15(2)22-19)28-11-5-6-12-28/h7-10,13-14,26H,4-6,11-12H2,1-3H3,(H,22,23,25). The maximum Gasteiger partial charge on any atom is 0.280 e. The van der Waals surface area contributed by atoms with E-state index >= 15 is 0 Å². The summed E-state index contributed by atoms with van der Waals surface area (Å²) in [7, 11) is -3.75. The van der Waals surface area contributed by atoms with Gasteiger partial charge in [0.15, 0.2) is 5.03 Å². The quantitative estimate of drug-likeness (QED) is 0.578. The number of aromatic nitrogens is 4. The third-order valence-corrected chi connectivity index (χ3v) is 6.49. The number of nitrogens with one attached hydrogen (secondary N) is 2. The second kappa shape index (κ2) is 8.54. The zero-order chi connectivity index (χ0) is 22.0. The molecule has 0 bridgehead atoms. The van der Waals surface area contributed by atoms with Gasteiger partial charge in [0.1, 0.15) is 23.3 Å². The number of nitrogens with zero attached hydrogens (tertiary/aromatic N) is 5. The molecule has 3 heterocycles. The molecule has 3 aromatic rings. The summed E-state index contributed by atoms with van der Waals surface area (Å²) >= 11 is 0. The van der Waals surface area contributed by atoms with Crippen molar-refractivity contribution < 1.29 is 8.42 Å². The Balaban J connectivity index is 1.47. The summed E-state index contributed by atoms with van der Waals surface area (Å²) < 4.78 is 29.6. The lowest BCUT2D eigenvalue weighted by atomic mass is 10.3. The van der Waals surface area contributed by atoms with Crippen LogP contribution in [0.5, 0.6) is 0 Å². The van der Waals surface area contributed by atoms with Gasteiger partial charge in [-0.3, -0.25) is 4.72 Å². The molecule has 1 fully saturated rings. The number of aryl methyl sites for hydroxylation is 3. The van der Waals surface area contributed by atoms with Gasteiger partial charge >= 0.3 is 0 Å².